The molecular formula is C20H23N3O3. The van der Waals surface area contributed by atoms with Gasteiger partial charge in [-0.3, -0.25) is 9.59 Å². The van der Waals surface area contributed by atoms with E-state index in [1.165, 1.54) is 0 Å². The highest BCUT2D eigenvalue weighted by Crippen LogP contribution is 2.19. The zero-order valence-electron chi connectivity index (χ0n) is 15.0. The van der Waals surface area contributed by atoms with Gasteiger partial charge in [0, 0.05) is 23.6 Å². The molecule has 0 saturated carbocycles. The Kier molecular flexibility index (Phi) is 5.11. The first kappa shape index (κ1) is 17.8. The molecular weight excluding hydrogens is 330 g/mol. The van der Waals surface area contributed by atoms with Gasteiger partial charge in [0.05, 0.1) is 12.8 Å². The van der Waals surface area contributed by atoms with E-state index in [-0.39, 0.29) is 18.4 Å². The molecule has 26 heavy (non-hydrogen) atoms. The van der Waals surface area contributed by atoms with Gasteiger partial charge < -0.3 is 20.0 Å². The van der Waals surface area contributed by atoms with Crippen molar-refractivity contribution in [3.8, 4) is 0 Å². The van der Waals surface area contributed by atoms with Crippen LogP contribution in [0.1, 0.15) is 25.2 Å². The molecule has 2 heterocycles. The summed E-state index contributed by atoms with van der Waals surface area (Å²) in [6.07, 6.45) is 4.20. The van der Waals surface area contributed by atoms with E-state index >= 15 is 0 Å². The van der Waals surface area contributed by atoms with Gasteiger partial charge in [-0.1, -0.05) is 18.2 Å². The molecule has 0 aliphatic carbocycles. The van der Waals surface area contributed by atoms with E-state index in [9.17, 15) is 9.59 Å². The monoisotopic (exact) mass is 353 g/mol. The maximum atomic E-state index is 12.5. The Morgan fingerprint density at radius 3 is 2.62 bits per heavy atom. The van der Waals surface area contributed by atoms with Crippen molar-refractivity contribution in [2.24, 2.45) is 5.41 Å². The summed E-state index contributed by atoms with van der Waals surface area (Å²) in [4.78, 5) is 28.0. The molecule has 0 bridgehead atoms. The van der Waals surface area contributed by atoms with Crippen LogP contribution in [0.4, 0.5) is 0 Å². The number of carbonyl (C=O) groups excluding carboxylic acids is 2. The number of rotatable bonds is 7. The van der Waals surface area contributed by atoms with Crippen LogP contribution in [0.3, 0.4) is 0 Å². The van der Waals surface area contributed by atoms with Gasteiger partial charge in [0.2, 0.25) is 11.8 Å². The fraction of sp³-hybridized carbons (Fsp3) is 0.300. The van der Waals surface area contributed by atoms with Crippen molar-refractivity contribution in [2.75, 3.05) is 6.54 Å². The van der Waals surface area contributed by atoms with Crippen LogP contribution < -0.4 is 10.6 Å². The summed E-state index contributed by atoms with van der Waals surface area (Å²) < 4.78 is 5.18. The number of hydrogen-bond donors (Lipinski definition) is 3. The second kappa shape index (κ2) is 7.47. The number of hydrogen-bond acceptors (Lipinski definition) is 3. The molecule has 0 saturated heterocycles. The molecule has 3 rings (SSSR count). The highest BCUT2D eigenvalue weighted by atomic mass is 16.3. The number of amides is 2. The first-order chi connectivity index (χ1) is 12.5. The van der Waals surface area contributed by atoms with Gasteiger partial charge in [-0.2, -0.15) is 0 Å². The largest absolute Gasteiger partial charge is 0.467 e. The van der Waals surface area contributed by atoms with Crippen LogP contribution in [0.5, 0.6) is 0 Å². The predicted molar refractivity (Wildman–Crippen MR) is 99.3 cm³/mol. The molecule has 0 radical (unpaired) electrons. The molecule has 2 amide bonds. The van der Waals surface area contributed by atoms with Gasteiger partial charge in [-0.05, 0) is 44.0 Å². The summed E-state index contributed by atoms with van der Waals surface area (Å²) in [7, 11) is 0. The smallest absolute Gasteiger partial charge is 0.235 e. The fourth-order valence-electron chi connectivity index (χ4n) is 2.77. The lowest BCUT2D eigenvalue weighted by atomic mass is 9.91. The first-order valence-electron chi connectivity index (χ1n) is 8.62. The van der Waals surface area contributed by atoms with E-state index in [1.807, 2.05) is 24.4 Å². The van der Waals surface area contributed by atoms with Crippen LogP contribution >= 0.6 is 0 Å². The van der Waals surface area contributed by atoms with E-state index in [0.717, 1.165) is 16.5 Å². The summed E-state index contributed by atoms with van der Waals surface area (Å²) in [6.45, 7) is 3.96. The summed E-state index contributed by atoms with van der Waals surface area (Å²) in [6, 6.07) is 11.6. The highest BCUT2D eigenvalue weighted by molar-refractivity contribution is 6.04. The first-order valence-corrected chi connectivity index (χ1v) is 8.62. The van der Waals surface area contributed by atoms with Crippen LogP contribution in [0.25, 0.3) is 10.9 Å². The molecule has 0 unspecified atom stereocenters. The number of nitrogens with one attached hydrogen (secondary N) is 3. The Balaban J connectivity index is 1.52. The van der Waals surface area contributed by atoms with E-state index in [4.69, 9.17) is 4.42 Å². The second-order valence-electron chi connectivity index (χ2n) is 6.75. The van der Waals surface area contributed by atoms with Crippen molar-refractivity contribution in [3.63, 3.8) is 0 Å². The molecule has 0 spiro atoms. The van der Waals surface area contributed by atoms with E-state index < -0.39 is 5.41 Å². The van der Waals surface area contributed by atoms with Crippen LogP contribution in [0.15, 0.2) is 53.3 Å². The van der Waals surface area contributed by atoms with Gasteiger partial charge in [-0.25, -0.2) is 0 Å². The summed E-state index contributed by atoms with van der Waals surface area (Å²) in [5.41, 5.74) is 1.06. The average Bonchev–Trinajstić information content (AvgIpc) is 3.29. The van der Waals surface area contributed by atoms with Crippen LogP contribution in [0.2, 0.25) is 0 Å². The highest BCUT2D eigenvalue weighted by Gasteiger charge is 2.35. The summed E-state index contributed by atoms with van der Waals surface area (Å²) in [5.74, 6) is 0.0154. The Hall–Kier alpha value is -3.02. The summed E-state index contributed by atoms with van der Waals surface area (Å²) >= 11 is 0. The zero-order chi connectivity index (χ0) is 18.6. The lowest BCUT2D eigenvalue weighted by molar-refractivity contribution is -0.141. The van der Waals surface area contributed by atoms with E-state index in [0.29, 0.717) is 18.7 Å². The third-order valence-corrected chi connectivity index (χ3v) is 4.49. The van der Waals surface area contributed by atoms with E-state index in [1.54, 1.807) is 32.2 Å². The molecule has 1 aromatic carbocycles. The van der Waals surface area contributed by atoms with Gasteiger partial charge in [-0.15, -0.1) is 0 Å². The lowest BCUT2D eigenvalue weighted by Gasteiger charge is -2.22. The van der Waals surface area contributed by atoms with Gasteiger partial charge in [0.15, 0.2) is 0 Å². The number of carbonyl (C=O) groups is 2. The maximum Gasteiger partial charge on any atom is 0.235 e. The fourth-order valence-corrected chi connectivity index (χ4v) is 2.77. The van der Waals surface area contributed by atoms with Crippen LogP contribution in [-0.4, -0.2) is 23.3 Å². The van der Waals surface area contributed by atoms with Crippen molar-refractivity contribution in [3.05, 3.63) is 60.2 Å². The number of fused-ring (bicyclic) bond motifs is 1. The lowest BCUT2D eigenvalue weighted by Crippen LogP contribution is -2.48. The Morgan fingerprint density at radius 2 is 1.85 bits per heavy atom. The molecule has 2 aromatic heterocycles. The quantitative estimate of drug-likeness (QED) is 0.571. The minimum Gasteiger partial charge on any atom is -0.467 e. The third kappa shape index (κ3) is 3.79. The molecule has 136 valence electrons. The molecule has 0 aliphatic heterocycles. The molecule has 3 aromatic rings. The van der Waals surface area contributed by atoms with Gasteiger partial charge in [0.1, 0.15) is 11.2 Å². The third-order valence-electron chi connectivity index (χ3n) is 4.49. The normalized spacial score (nSPS) is 11.5. The molecule has 6 nitrogen and oxygen atoms in total. The average molecular weight is 353 g/mol. The van der Waals surface area contributed by atoms with Crippen LogP contribution in [0, 0.1) is 5.41 Å². The Morgan fingerprint density at radius 1 is 1.08 bits per heavy atom. The number of benzene rings is 1. The number of H-pyrrole nitrogens is 1. The van der Waals surface area contributed by atoms with Crippen molar-refractivity contribution in [1.29, 1.82) is 0 Å². The summed E-state index contributed by atoms with van der Waals surface area (Å²) in [5, 5.41) is 6.75. The van der Waals surface area contributed by atoms with Crippen molar-refractivity contribution < 1.29 is 14.0 Å². The Labute approximate surface area is 152 Å². The van der Waals surface area contributed by atoms with Crippen molar-refractivity contribution in [2.45, 2.75) is 26.8 Å². The predicted octanol–water partition coefficient (Wildman–Crippen LogP) is 2.76. The van der Waals surface area contributed by atoms with Crippen molar-refractivity contribution in [1.82, 2.24) is 15.6 Å². The second-order valence-corrected chi connectivity index (χ2v) is 6.75. The van der Waals surface area contributed by atoms with Crippen molar-refractivity contribution >= 4 is 22.7 Å². The topological polar surface area (TPSA) is 87.1 Å². The Bertz CT molecular complexity index is 894. The number of aromatic nitrogens is 1. The zero-order valence-corrected chi connectivity index (χ0v) is 15.0. The standard InChI is InChI=1S/C20H23N3O3/c1-20(2,19(25)23-13-15-6-5-11-26-15)18(24)21-10-9-14-12-22-17-8-4-3-7-16(14)17/h3-8,11-12,22H,9-10,13H2,1-2H3,(H,21,24)(H,23,25). The molecule has 6 heteroatoms. The van der Waals surface area contributed by atoms with Crippen LogP contribution in [-0.2, 0) is 22.6 Å². The molecule has 0 aliphatic rings. The van der Waals surface area contributed by atoms with Gasteiger partial charge in [0.25, 0.3) is 0 Å². The number of furan rings is 1. The minimum atomic E-state index is -1.16. The maximum absolute atomic E-state index is 12.5. The van der Waals surface area contributed by atoms with E-state index in [2.05, 4.69) is 21.7 Å². The minimum absolute atomic E-state index is 0.262. The molecule has 0 fully saturated rings. The van der Waals surface area contributed by atoms with Gasteiger partial charge >= 0.3 is 0 Å². The number of para-hydroxylation sites is 1. The number of aromatic amines is 1. The molecule has 3 N–H and O–H groups in total. The SMILES string of the molecule is CC(C)(C(=O)NCCc1c[nH]c2ccccc12)C(=O)NCc1ccco1. The molecule has 0 atom stereocenters.